The van der Waals surface area contributed by atoms with E-state index in [1.54, 1.807) is 16.7 Å². The van der Waals surface area contributed by atoms with Crippen LogP contribution >= 0.6 is 11.8 Å². The number of amides is 2. The first-order valence-electron chi connectivity index (χ1n) is 9.01. The predicted octanol–water partition coefficient (Wildman–Crippen LogP) is 3.51. The summed E-state index contributed by atoms with van der Waals surface area (Å²) in [6.07, 6.45) is 0.440. The average Bonchev–Trinajstić information content (AvgIpc) is 3.10. The van der Waals surface area contributed by atoms with Gasteiger partial charge in [-0.25, -0.2) is 0 Å². The van der Waals surface area contributed by atoms with Crippen molar-refractivity contribution >= 4 is 23.6 Å². The van der Waals surface area contributed by atoms with Gasteiger partial charge in [-0.15, -0.1) is 11.8 Å². The third-order valence-corrected chi connectivity index (χ3v) is 6.16. The van der Waals surface area contributed by atoms with Crippen LogP contribution in [0.4, 0.5) is 0 Å². The topological polar surface area (TPSA) is 40.6 Å². The lowest BCUT2D eigenvalue weighted by Gasteiger charge is -2.29. The zero-order valence-electron chi connectivity index (χ0n) is 14.9. The monoisotopic (exact) mass is 366 g/mol. The molecule has 0 aromatic heterocycles. The van der Waals surface area contributed by atoms with Gasteiger partial charge in [-0.05, 0) is 22.3 Å². The molecular weight excluding hydrogens is 344 g/mol. The van der Waals surface area contributed by atoms with Gasteiger partial charge >= 0.3 is 0 Å². The van der Waals surface area contributed by atoms with E-state index in [2.05, 4.69) is 24.3 Å². The maximum atomic E-state index is 13.3. The molecule has 2 aliphatic heterocycles. The molecule has 2 aromatic rings. The van der Waals surface area contributed by atoms with E-state index in [0.717, 1.165) is 11.1 Å². The number of rotatable bonds is 2. The minimum Gasteiger partial charge on any atom is -0.332 e. The number of carbonyl (C=O) groups excluding carboxylic acids is 2. The second kappa shape index (κ2) is 7.16. The van der Waals surface area contributed by atoms with Crippen molar-refractivity contribution in [3.63, 3.8) is 0 Å². The summed E-state index contributed by atoms with van der Waals surface area (Å²) in [6, 6.07) is 16.2. The van der Waals surface area contributed by atoms with Gasteiger partial charge in [0.1, 0.15) is 6.04 Å². The Labute approximate surface area is 158 Å². The SMILES string of the molecule is CCC(=O)N1CSCC1C(=O)N1Cc2ccccc2-c2ccccc2C1. The van der Waals surface area contributed by atoms with Gasteiger partial charge in [-0.2, -0.15) is 0 Å². The fourth-order valence-corrected chi connectivity index (χ4v) is 4.94. The maximum Gasteiger partial charge on any atom is 0.246 e. The summed E-state index contributed by atoms with van der Waals surface area (Å²) in [6.45, 7) is 3.02. The van der Waals surface area contributed by atoms with Gasteiger partial charge < -0.3 is 9.80 Å². The molecule has 2 amide bonds. The van der Waals surface area contributed by atoms with Crippen LogP contribution in [0.15, 0.2) is 48.5 Å². The number of carbonyl (C=O) groups is 2. The van der Waals surface area contributed by atoms with Crippen molar-refractivity contribution in [2.75, 3.05) is 11.6 Å². The van der Waals surface area contributed by atoms with Gasteiger partial charge in [0, 0.05) is 25.3 Å². The molecule has 0 saturated carbocycles. The fraction of sp³-hybridized carbons (Fsp3) is 0.333. The standard InChI is InChI=1S/C21H22N2O2S/c1-2-20(24)23-14-26-13-19(23)21(25)22-11-15-7-3-5-9-17(15)18-10-6-4-8-16(18)12-22/h3-10,19H,2,11-14H2,1H3. The minimum atomic E-state index is -0.343. The number of fused-ring (bicyclic) bond motifs is 3. The largest absolute Gasteiger partial charge is 0.332 e. The molecule has 4 rings (SSSR count). The summed E-state index contributed by atoms with van der Waals surface area (Å²) in [4.78, 5) is 29.2. The molecule has 0 N–H and O–H groups in total. The van der Waals surface area contributed by atoms with Crippen molar-refractivity contribution in [2.45, 2.75) is 32.5 Å². The Morgan fingerprint density at radius 3 is 2.15 bits per heavy atom. The molecule has 2 aromatic carbocycles. The highest BCUT2D eigenvalue weighted by atomic mass is 32.2. The van der Waals surface area contributed by atoms with E-state index in [9.17, 15) is 9.59 Å². The van der Waals surface area contributed by atoms with Crippen LogP contribution in [0.1, 0.15) is 24.5 Å². The predicted molar refractivity (Wildman–Crippen MR) is 104 cm³/mol. The lowest BCUT2D eigenvalue weighted by Crippen LogP contribution is -2.48. The number of hydrogen-bond donors (Lipinski definition) is 0. The average molecular weight is 366 g/mol. The molecule has 1 atom stereocenters. The molecule has 1 fully saturated rings. The highest BCUT2D eigenvalue weighted by Gasteiger charge is 2.37. The van der Waals surface area contributed by atoms with E-state index in [-0.39, 0.29) is 17.9 Å². The van der Waals surface area contributed by atoms with Crippen molar-refractivity contribution in [1.82, 2.24) is 9.80 Å². The van der Waals surface area contributed by atoms with Gasteiger partial charge in [-0.1, -0.05) is 55.5 Å². The fourth-order valence-electron chi connectivity index (χ4n) is 3.77. The number of nitrogens with zero attached hydrogens (tertiary/aromatic N) is 2. The van der Waals surface area contributed by atoms with Gasteiger partial charge in [0.05, 0.1) is 5.88 Å². The normalized spacial score (nSPS) is 18.9. The molecule has 134 valence electrons. The van der Waals surface area contributed by atoms with E-state index in [1.165, 1.54) is 11.1 Å². The smallest absolute Gasteiger partial charge is 0.246 e. The molecule has 1 unspecified atom stereocenters. The maximum absolute atomic E-state index is 13.3. The zero-order chi connectivity index (χ0) is 18.1. The third-order valence-electron chi connectivity index (χ3n) is 5.15. The van der Waals surface area contributed by atoms with E-state index in [1.807, 2.05) is 36.1 Å². The molecule has 26 heavy (non-hydrogen) atoms. The molecule has 4 nitrogen and oxygen atoms in total. The Kier molecular flexibility index (Phi) is 4.72. The van der Waals surface area contributed by atoms with Crippen molar-refractivity contribution in [3.8, 4) is 11.1 Å². The Morgan fingerprint density at radius 2 is 1.58 bits per heavy atom. The number of benzene rings is 2. The number of hydrogen-bond acceptors (Lipinski definition) is 3. The Bertz CT molecular complexity index is 804. The summed E-state index contributed by atoms with van der Waals surface area (Å²) in [5, 5.41) is 0. The van der Waals surface area contributed by atoms with Crippen LogP contribution in [0.5, 0.6) is 0 Å². The summed E-state index contributed by atoms with van der Waals surface area (Å²) in [5.74, 6) is 1.42. The van der Waals surface area contributed by atoms with Gasteiger partial charge in [0.2, 0.25) is 11.8 Å². The molecule has 5 heteroatoms. The van der Waals surface area contributed by atoms with Crippen LogP contribution in [0.3, 0.4) is 0 Å². The Morgan fingerprint density at radius 1 is 1.00 bits per heavy atom. The lowest BCUT2D eigenvalue weighted by molar-refractivity contribution is -0.144. The highest BCUT2D eigenvalue weighted by molar-refractivity contribution is 7.99. The summed E-state index contributed by atoms with van der Waals surface area (Å²) in [5.41, 5.74) is 4.70. The molecule has 2 aliphatic rings. The van der Waals surface area contributed by atoms with Crippen molar-refractivity contribution in [1.29, 1.82) is 0 Å². The quantitative estimate of drug-likeness (QED) is 0.817. The molecule has 0 radical (unpaired) electrons. The summed E-state index contributed by atoms with van der Waals surface area (Å²) >= 11 is 1.66. The first kappa shape index (κ1) is 17.2. The van der Waals surface area contributed by atoms with Crippen LogP contribution in [0, 0.1) is 0 Å². The van der Waals surface area contributed by atoms with Crippen molar-refractivity contribution < 1.29 is 9.59 Å². The van der Waals surface area contributed by atoms with Crippen molar-refractivity contribution in [3.05, 3.63) is 59.7 Å². The summed E-state index contributed by atoms with van der Waals surface area (Å²) < 4.78 is 0. The van der Waals surface area contributed by atoms with E-state index >= 15 is 0 Å². The third kappa shape index (κ3) is 3.01. The second-order valence-corrected chi connectivity index (χ2v) is 7.74. The molecule has 0 bridgehead atoms. The highest BCUT2D eigenvalue weighted by Crippen LogP contribution is 2.33. The minimum absolute atomic E-state index is 0.0586. The molecular formula is C21H22N2O2S. The van der Waals surface area contributed by atoms with Gasteiger partial charge in [0.15, 0.2) is 0 Å². The van der Waals surface area contributed by atoms with E-state index in [0.29, 0.717) is 31.1 Å². The van der Waals surface area contributed by atoms with Crippen LogP contribution in [0.2, 0.25) is 0 Å². The molecule has 0 aliphatic carbocycles. The zero-order valence-corrected chi connectivity index (χ0v) is 15.7. The van der Waals surface area contributed by atoms with Crippen LogP contribution in [-0.4, -0.2) is 39.3 Å². The van der Waals surface area contributed by atoms with Gasteiger partial charge in [0.25, 0.3) is 0 Å². The second-order valence-electron chi connectivity index (χ2n) is 6.74. The van der Waals surface area contributed by atoms with Crippen LogP contribution in [-0.2, 0) is 22.7 Å². The lowest BCUT2D eigenvalue weighted by atomic mass is 9.97. The molecule has 0 spiro atoms. The Hall–Kier alpha value is -2.27. The number of thioether (sulfide) groups is 1. The first-order chi connectivity index (χ1) is 12.7. The van der Waals surface area contributed by atoms with Crippen LogP contribution < -0.4 is 0 Å². The van der Waals surface area contributed by atoms with Crippen molar-refractivity contribution in [2.24, 2.45) is 0 Å². The first-order valence-corrected chi connectivity index (χ1v) is 10.2. The van der Waals surface area contributed by atoms with E-state index < -0.39 is 0 Å². The molecule has 2 heterocycles. The van der Waals surface area contributed by atoms with Gasteiger partial charge in [-0.3, -0.25) is 9.59 Å². The Balaban J connectivity index is 1.68. The summed E-state index contributed by atoms with van der Waals surface area (Å²) in [7, 11) is 0. The van der Waals surface area contributed by atoms with Crippen LogP contribution in [0.25, 0.3) is 11.1 Å². The van der Waals surface area contributed by atoms with E-state index in [4.69, 9.17) is 0 Å². The molecule has 1 saturated heterocycles.